The summed E-state index contributed by atoms with van der Waals surface area (Å²) in [5.41, 5.74) is 0.928. The number of ether oxygens (including phenoxy) is 1. The van der Waals surface area contributed by atoms with E-state index >= 15 is 0 Å². The third kappa shape index (κ3) is 5.04. The van der Waals surface area contributed by atoms with Gasteiger partial charge in [-0.15, -0.1) is 11.3 Å². The Balaban J connectivity index is 2.05. The Kier molecular flexibility index (Phi) is 6.75. The summed E-state index contributed by atoms with van der Waals surface area (Å²) in [4.78, 5) is 16.9. The normalized spacial score (nSPS) is 12.9. The van der Waals surface area contributed by atoms with Gasteiger partial charge in [-0.2, -0.15) is 0 Å². The van der Waals surface area contributed by atoms with Gasteiger partial charge in [0, 0.05) is 10.9 Å². The van der Waals surface area contributed by atoms with Crippen molar-refractivity contribution < 1.29 is 13.9 Å². The summed E-state index contributed by atoms with van der Waals surface area (Å²) in [6.07, 6.45) is 1.37. The lowest BCUT2D eigenvalue weighted by Crippen LogP contribution is -2.43. The molecule has 4 nitrogen and oxygen atoms in total. The summed E-state index contributed by atoms with van der Waals surface area (Å²) >= 11 is 1.46. The zero-order valence-corrected chi connectivity index (χ0v) is 16.8. The molecule has 2 rings (SSSR count). The number of rotatable bonds is 7. The molecule has 26 heavy (non-hydrogen) atoms. The number of thiazole rings is 1. The summed E-state index contributed by atoms with van der Waals surface area (Å²) in [6, 6.07) is 6.22. The first-order valence-corrected chi connectivity index (χ1v) is 9.85. The molecule has 1 heterocycles. The van der Waals surface area contributed by atoms with Gasteiger partial charge in [0.15, 0.2) is 0 Å². The minimum absolute atomic E-state index is 0.133. The highest BCUT2D eigenvalue weighted by Crippen LogP contribution is 2.29. The van der Waals surface area contributed by atoms with Crippen LogP contribution in [0.4, 0.5) is 9.18 Å². The molecule has 1 unspecified atom stereocenters. The monoisotopic (exact) mass is 378 g/mol. The highest BCUT2D eigenvalue weighted by Gasteiger charge is 2.28. The summed E-state index contributed by atoms with van der Waals surface area (Å²) in [6.45, 7) is 9.91. The first kappa shape index (κ1) is 20.4. The largest absolute Gasteiger partial charge is 0.446 e. The second kappa shape index (κ2) is 8.62. The van der Waals surface area contributed by atoms with Crippen LogP contribution < -0.4 is 5.32 Å². The Morgan fingerprint density at radius 3 is 2.46 bits per heavy atom. The summed E-state index contributed by atoms with van der Waals surface area (Å²) < 4.78 is 18.6. The molecule has 1 N–H and O–H groups in total. The number of nitrogens with zero attached hydrogens (tertiary/aromatic N) is 1. The number of carbonyl (C=O) groups excluding carboxylic acids is 1. The molecule has 0 aliphatic carbocycles. The minimum atomic E-state index is -0.667. The first-order chi connectivity index (χ1) is 12.3. The molecule has 2 aromatic rings. The predicted octanol–water partition coefficient (Wildman–Crippen LogP) is 5.74. The van der Waals surface area contributed by atoms with E-state index in [4.69, 9.17) is 4.74 Å². The smallest absolute Gasteiger partial charge is 0.408 e. The van der Waals surface area contributed by atoms with Crippen molar-refractivity contribution in [2.24, 2.45) is 5.92 Å². The second-order valence-corrected chi connectivity index (χ2v) is 7.84. The maximum absolute atomic E-state index is 13.1. The molecule has 0 radical (unpaired) electrons. The highest BCUT2D eigenvalue weighted by molar-refractivity contribution is 7.13. The van der Waals surface area contributed by atoms with E-state index in [1.54, 1.807) is 12.1 Å². The van der Waals surface area contributed by atoms with Gasteiger partial charge in [0.2, 0.25) is 0 Å². The molecule has 0 saturated heterocycles. The molecule has 1 atom stereocenters. The van der Waals surface area contributed by atoms with E-state index in [1.165, 1.54) is 23.5 Å². The number of benzene rings is 1. The van der Waals surface area contributed by atoms with Gasteiger partial charge in [-0.3, -0.25) is 0 Å². The van der Waals surface area contributed by atoms with Crippen LogP contribution in [0.5, 0.6) is 0 Å². The molecule has 0 spiro atoms. The van der Waals surface area contributed by atoms with Gasteiger partial charge in [-0.1, -0.05) is 13.8 Å². The quantitative estimate of drug-likeness (QED) is 0.669. The summed E-state index contributed by atoms with van der Waals surface area (Å²) in [5.74, 6) is 0.0788. The van der Waals surface area contributed by atoms with Gasteiger partial charge in [-0.25, -0.2) is 14.2 Å². The molecule has 6 heteroatoms. The van der Waals surface area contributed by atoms with E-state index in [9.17, 15) is 9.18 Å². The predicted molar refractivity (Wildman–Crippen MR) is 104 cm³/mol. The zero-order chi connectivity index (χ0) is 19.3. The molecule has 1 aromatic carbocycles. The van der Waals surface area contributed by atoms with Crippen LogP contribution >= 0.6 is 11.3 Å². The van der Waals surface area contributed by atoms with Gasteiger partial charge < -0.3 is 10.1 Å². The van der Waals surface area contributed by atoms with Crippen LogP contribution in [-0.4, -0.2) is 17.2 Å². The fraction of sp³-hybridized carbons (Fsp3) is 0.500. The number of nitrogens with one attached hydrogen (secondary N) is 1. The van der Waals surface area contributed by atoms with E-state index in [1.807, 2.05) is 26.2 Å². The van der Waals surface area contributed by atoms with Gasteiger partial charge in [0.25, 0.3) is 0 Å². The van der Waals surface area contributed by atoms with Crippen molar-refractivity contribution in [1.29, 1.82) is 0 Å². The molecule has 0 saturated carbocycles. The van der Waals surface area contributed by atoms with Crippen LogP contribution in [0.1, 0.15) is 53.2 Å². The number of hydrogen-bond donors (Lipinski definition) is 1. The number of carbonyl (C=O) groups is 1. The number of hydrogen-bond acceptors (Lipinski definition) is 4. The number of amides is 1. The van der Waals surface area contributed by atoms with Gasteiger partial charge in [0.1, 0.15) is 16.9 Å². The van der Waals surface area contributed by atoms with Crippen LogP contribution in [0.15, 0.2) is 29.6 Å². The zero-order valence-electron chi connectivity index (χ0n) is 16.0. The van der Waals surface area contributed by atoms with Crippen molar-refractivity contribution in [3.63, 3.8) is 0 Å². The third-order valence-corrected chi connectivity index (χ3v) is 5.55. The van der Waals surface area contributed by atoms with E-state index in [2.05, 4.69) is 24.1 Å². The molecule has 0 bridgehead atoms. The van der Waals surface area contributed by atoms with Crippen LogP contribution in [0.25, 0.3) is 10.6 Å². The number of aromatic nitrogens is 1. The Morgan fingerprint density at radius 2 is 1.88 bits per heavy atom. The van der Waals surface area contributed by atoms with Gasteiger partial charge >= 0.3 is 6.09 Å². The van der Waals surface area contributed by atoms with Crippen molar-refractivity contribution >= 4 is 17.4 Å². The van der Waals surface area contributed by atoms with Crippen molar-refractivity contribution in [2.75, 3.05) is 0 Å². The molecule has 0 aliphatic heterocycles. The van der Waals surface area contributed by atoms with Crippen molar-refractivity contribution in [2.45, 2.75) is 59.1 Å². The van der Waals surface area contributed by atoms with Crippen LogP contribution in [0, 0.1) is 11.7 Å². The van der Waals surface area contributed by atoms with E-state index in [0.29, 0.717) is 5.92 Å². The molecule has 0 fully saturated rings. The maximum atomic E-state index is 13.1. The van der Waals surface area contributed by atoms with E-state index in [-0.39, 0.29) is 11.9 Å². The molecule has 1 aromatic heterocycles. The minimum Gasteiger partial charge on any atom is -0.446 e. The summed E-state index contributed by atoms with van der Waals surface area (Å²) in [5, 5.41) is 5.60. The fourth-order valence-corrected chi connectivity index (χ4v) is 3.85. The van der Waals surface area contributed by atoms with Crippen molar-refractivity contribution in [3.05, 3.63) is 41.2 Å². The van der Waals surface area contributed by atoms with E-state index in [0.717, 1.165) is 29.1 Å². The Hall–Kier alpha value is -1.95. The maximum Gasteiger partial charge on any atom is 0.408 e. The Morgan fingerprint density at radius 1 is 1.27 bits per heavy atom. The SMILES string of the molecule is CCC(CC)C(C)OC(=O)NC(C)(C)c1csc(-c2ccc(F)cc2)n1. The lowest BCUT2D eigenvalue weighted by molar-refractivity contribution is 0.0637. The van der Waals surface area contributed by atoms with Crippen LogP contribution in [0.3, 0.4) is 0 Å². The van der Waals surface area contributed by atoms with Crippen molar-refractivity contribution in [3.8, 4) is 10.6 Å². The first-order valence-electron chi connectivity index (χ1n) is 8.97. The Labute approximate surface area is 158 Å². The molecule has 0 aliphatic rings. The molecule has 142 valence electrons. The van der Waals surface area contributed by atoms with Gasteiger partial charge in [-0.05, 0) is 63.8 Å². The molecular weight excluding hydrogens is 351 g/mol. The average molecular weight is 379 g/mol. The number of halogens is 1. The lowest BCUT2D eigenvalue weighted by Gasteiger charge is -2.27. The van der Waals surface area contributed by atoms with Crippen molar-refractivity contribution in [1.82, 2.24) is 10.3 Å². The fourth-order valence-electron chi connectivity index (χ4n) is 2.85. The lowest BCUT2D eigenvalue weighted by atomic mass is 9.98. The van der Waals surface area contributed by atoms with Crippen LogP contribution in [-0.2, 0) is 10.3 Å². The third-order valence-electron chi connectivity index (χ3n) is 4.66. The summed E-state index contributed by atoms with van der Waals surface area (Å²) in [7, 11) is 0. The second-order valence-electron chi connectivity index (χ2n) is 6.98. The van der Waals surface area contributed by atoms with Gasteiger partial charge in [0.05, 0.1) is 11.2 Å². The molecule has 1 amide bonds. The molecular formula is C20H27FN2O2S. The topological polar surface area (TPSA) is 51.2 Å². The average Bonchev–Trinajstić information content (AvgIpc) is 3.07. The van der Waals surface area contributed by atoms with Crippen LogP contribution in [0.2, 0.25) is 0 Å². The highest BCUT2D eigenvalue weighted by atomic mass is 32.1. The standard InChI is InChI=1S/C20H27FN2O2S/c1-6-14(7-2)13(3)25-19(24)23-20(4,5)17-12-26-18(22-17)15-8-10-16(21)11-9-15/h8-14H,6-7H2,1-5H3,(H,23,24). The van der Waals surface area contributed by atoms with E-state index < -0.39 is 11.6 Å². The Bertz CT molecular complexity index is 724. The number of alkyl carbamates (subject to hydrolysis) is 1.